The zero-order chi connectivity index (χ0) is 10.6. The van der Waals surface area contributed by atoms with Crippen LogP contribution in [-0.2, 0) is 9.53 Å². The fourth-order valence-corrected chi connectivity index (χ4v) is 1.73. The van der Waals surface area contributed by atoms with E-state index in [1.54, 1.807) is 0 Å². The van der Waals surface area contributed by atoms with E-state index in [0.29, 0.717) is 12.5 Å². The molecule has 1 saturated heterocycles. The van der Waals surface area contributed by atoms with Crippen LogP contribution in [0.25, 0.3) is 0 Å². The van der Waals surface area contributed by atoms with E-state index in [1.807, 2.05) is 6.92 Å². The summed E-state index contributed by atoms with van der Waals surface area (Å²) >= 11 is 0. The standard InChI is InChI=1S/C11H21NO2/c1-4-5-8(2)11(13)12-10-7-14-6-9(10)3/h8-10H,4-7H2,1-3H3,(H,12,13). The minimum atomic E-state index is 0.132. The zero-order valence-corrected chi connectivity index (χ0v) is 9.38. The molecule has 1 N–H and O–H groups in total. The lowest BCUT2D eigenvalue weighted by atomic mass is 10.0. The molecule has 0 aromatic carbocycles. The molecular formula is C11H21NO2. The second-order valence-corrected chi connectivity index (χ2v) is 4.32. The SMILES string of the molecule is CCCC(C)C(=O)NC1COCC1C. The Morgan fingerprint density at radius 1 is 1.57 bits per heavy atom. The van der Waals surface area contributed by atoms with Crippen molar-refractivity contribution in [1.82, 2.24) is 5.32 Å². The van der Waals surface area contributed by atoms with Crippen molar-refractivity contribution in [2.24, 2.45) is 11.8 Å². The lowest BCUT2D eigenvalue weighted by molar-refractivity contribution is -0.125. The maximum Gasteiger partial charge on any atom is 0.223 e. The summed E-state index contributed by atoms with van der Waals surface area (Å²) in [5.74, 6) is 0.759. The van der Waals surface area contributed by atoms with Crippen molar-refractivity contribution in [3.05, 3.63) is 0 Å². The number of carbonyl (C=O) groups excluding carboxylic acids is 1. The minimum absolute atomic E-state index is 0.132. The Labute approximate surface area is 86.2 Å². The lowest BCUT2D eigenvalue weighted by Gasteiger charge is -2.18. The third kappa shape index (κ3) is 2.98. The average Bonchev–Trinajstić information content (AvgIpc) is 2.52. The molecule has 14 heavy (non-hydrogen) atoms. The normalized spacial score (nSPS) is 28.8. The smallest absolute Gasteiger partial charge is 0.223 e. The highest BCUT2D eigenvalue weighted by Gasteiger charge is 2.26. The fourth-order valence-electron chi connectivity index (χ4n) is 1.73. The van der Waals surface area contributed by atoms with Crippen LogP contribution in [0.1, 0.15) is 33.6 Å². The molecule has 0 saturated carbocycles. The first-order valence-electron chi connectivity index (χ1n) is 5.53. The highest BCUT2D eigenvalue weighted by molar-refractivity contribution is 5.78. The first-order chi connectivity index (χ1) is 6.65. The van der Waals surface area contributed by atoms with Crippen LogP contribution in [-0.4, -0.2) is 25.2 Å². The van der Waals surface area contributed by atoms with Gasteiger partial charge in [0.1, 0.15) is 0 Å². The predicted octanol–water partition coefficient (Wildman–Crippen LogP) is 1.57. The van der Waals surface area contributed by atoms with Crippen molar-refractivity contribution < 1.29 is 9.53 Å². The van der Waals surface area contributed by atoms with Crippen LogP contribution in [0.3, 0.4) is 0 Å². The van der Waals surface area contributed by atoms with Gasteiger partial charge in [0.25, 0.3) is 0 Å². The van der Waals surface area contributed by atoms with Gasteiger partial charge in [0.05, 0.1) is 19.3 Å². The summed E-state index contributed by atoms with van der Waals surface area (Å²) in [5, 5.41) is 3.05. The van der Waals surface area contributed by atoms with Gasteiger partial charge in [-0.25, -0.2) is 0 Å². The highest BCUT2D eigenvalue weighted by Crippen LogP contribution is 2.14. The first kappa shape index (κ1) is 11.5. The molecule has 1 aliphatic heterocycles. The summed E-state index contributed by atoms with van der Waals surface area (Å²) in [4.78, 5) is 11.7. The van der Waals surface area contributed by atoms with Crippen LogP contribution >= 0.6 is 0 Å². The van der Waals surface area contributed by atoms with Gasteiger partial charge in [0, 0.05) is 11.8 Å². The molecule has 82 valence electrons. The number of hydrogen-bond acceptors (Lipinski definition) is 2. The summed E-state index contributed by atoms with van der Waals surface area (Å²) in [6, 6.07) is 0.224. The molecule has 3 unspecified atom stereocenters. The largest absolute Gasteiger partial charge is 0.379 e. The highest BCUT2D eigenvalue weighted by atomic mass is 16.5. The Morgan fingerprint density at radius 3 is 2.79 bits per heavy atom. The topological polar surface area (TPSA) is 38.3 Å². The Balaban J connectivity index is 2.32. The number of rotatable bonds is 4. The van der Waals surface area contributed by atoms with E-state index in [-0.39, 0.29) is 17.9 Å². The molecular weight excluding hydrogens is 178 g/mol. The maximum atomic E-state index is 11.7. The Morgan fingerprint density at radius 2 is 2.29 bits per heavy atom. The Kier molecular flexibility index (Phi) is 4.39. The van der Waals surface area contributed by atoms with Crippen LogP contribution in [0.2, 0.25) is 0 Å². The van der Waals surface area contributed by atoms with Crippen LogP contribution in [0.15, 0.2) is 0 Å². The van der Waals surface area contributed by atoms with E-state index in [9.17, 15) is 4.79 Å². The molecule has 1 fully saturated rings. The second kappa shape index (κ2) is 5.35. The Hall–Kier alpha value is -0.570. The van der Waals surface area contributed by atoms with Gasteiger partial charge in [-0.3, -0.25) is 4.79 Å². The van der Waals surface area contributed by atoms with Crippen LogP contribution < -0.4 is 5.32 Å². The number of ether oxygens (including phenoxy) is 1. The summed E-state index contributed by atoms with van der Waals surface area (Å²) in [6.45, 7) is 7.64. The van der Waals surface area contributed by atoms with Crippen molar-refractivity contribution in [1.29, 1.82) is 0 Å². The summed E-state index contributed by atoms with van der Waals surface area (Å²) in [7, 11) is 0. The Bertz CT molecular complexity index is 194. The quantitative estimate of drug-likeness (QED) is 0.746. The average molecular weight is 199 g/mol. The fraction of sp³-hybridized carbons (Fsp3) is 0.909. The summed E-state index contributed by atoms with van der Waals surface area (Å²) in [5.41, 5.74) is 0. The molecule has 3 atom stereocenters. The van der Waals surface area contributed by atoms with Crippen LogP contribution in [0.4, 0.5) is 0 Å². The zero-order valence-electron chi connectivity index (χ0n) is 9.38. The molecule has 3 heteroatoms. The molecule has 1 amide bonds. The van der Waals surface area contributed by atoms with Gasteiger partial charge < -0.3 is 10.1 Å². The third-order valence-corrected chi connectivity index (χ3v) is 2.86. The van der Waals surface area contributed by atoms with Gasteiger partial charge in [-0.1, -0.05) is 27.2 Å². The molecule has 0 aromatic heterocycles. The number of hydrogen-bond donors (Lipinski definition) is 1. The van der Waals surface area contributed by atoms with E-state index in [0.717, 1.165) is 19.4 Å². The molecule has 1 heterocycles. The van der Waals surface area contributed by atoms with Gasteiger partial charge in [0.15, 0.2) is 0 Å². The molecule has 0 bridgehead atoms. The summed E-state index contributed by atoms with van der Waals surface area (Å²) in [6.07, 6.45) is 2.03. The lowest BCUT2D eigenvalue weighted by Crippen LogP contribution is -2.41. The van der Waals surface area contributed by atoms with Crippen molar-refractivity contribution in [2.75, 3.05) is 13.2 Å². The molecule has 0 radical (unpaired) electrons. The molecule has 1 aliphatic rings. The maximum absolute atomic E-state index is 11.7. The van der Waals surface area contributed by atoms with E-state index >= 15 is 0 Å². The van der Waals surface area contributed by atoms with Crippen molar-refractivity contribution in [3.8, 4) is 0 Å². The van der Waals surface area contributed by atoms with Crippen LogP contribution in [0, 0.1) is 11.8 Å². The third-order valence-electron chi connectivity index (χ3n) is 2.86. The van der Waals surface area contributed by atoms with Gasteiger partial charge in [0.2, 0.25) is 5.91 Å². The van der Waals surface area contributed by atoms with E-state index in [2.05, 4.69) is 19.2 Å². The van der Waals surface area contributed by atoms with Gasteiger partial charge in [-0.05, 0) is 6.42 Å². The van der Waals surface area contributed by atoms with Gasteiger partial charge in [-0.2, -0.15) is 0 Å². The number of nitrogens with one attached hydrogen (secondary N) is 1. The second-order valence-electron chi connectivity index (χ2n) is 4.32. The van der Waals surface area contributed by atoms with E-state index in [4.69, 9.17) is 4.74 Å². The number of amides is 1. The van der Waals surface area contributed by atoms with Gasteiger partial charge >= 0.3 is 0 Å². The molecule has 3 nitrogen and oxygen atoms in total. The minimum Gasteiger partial charge on any atom is -0.379 e. The first-order valence-corrected chi connectivity index (χ1v) is 5.53. The molecule has 0 aromatic rings. The summed E-state index contributed by atoms with van der Waals surface area (Å²) < 4.78 is 5.30. The molecule has 1 rings (SSSR count). The van der Waals surface area contributed by atoms with Crippen LogP contribution in [0.5, 0.6) is 0 Å². The van der Waals surface area contributed by atoms with E-state index < -0.39 is 0 Å². The van der Waals surface area contributed by atoms with Gasteiger partial charge in [-0.15, -0.1) is 0 Å². The predicted molar refractivity (Wildman–Crippen MR) is 56.0 cm³/mol. The van der Waals surface area contributed by atoms with Crippen molar-refractivity contribution in [2.45, 2.75) is 39.7 Å². The van der Waals surface area contributed by atoms with Crippen molar-refractivity contribution >= 4 is 5.91 Å². The molecule has 0 spiro atoms. The monoisotopic (exact) mass is 199 g/mol. The number of carbonyl (C=O) groups is 1. The molecule has 0 aliphatic carbocycles. The van der Waals surface area contributed by atoms with Crippen molar-refractivity contribution in [3.63, 3.8) is 0 Å². The van der Waals surface area contributed by atoms with E-state index in [1.165, 1.54) is 0 Å².